The highest BCUT2D eigenvalue weighted by Gasteiger charge is 2.26. The Morgan fingerprint density at radius 1 is 1.50 bits per heavy atom. The Morgan fingerprint density at radius 3 is 2.78 bits per heavy atom. The molecule has 0 saturated carbocycles. The summed E-state index contributed by atoms with van der Waals surface area (Å²) in [5.74, 6) is -1.01. The number of β-amino-alcohol motifs (C(OH)–C–C–N with tert-alkyl or cyclic N) is 1. The number of likely N-dealkylation sites (tertiary alicyclic amines) is 1. The van der Waals surface area contributed by atoms with E-state index in [1.807, 2.05) is 6.92 Å². The van der Waals surface area contributed by atoms with Crippen LogP contribution in [0, 0.1) is 0 Å². The minimum Gasteiger partial charge on any atom is -0.480 e. The molecule has 0 radical (unpaired) electrons. The first kappa shape index (κ1) is 14.8. The molecule has 2 amide bonds. The quantitative estimate of drug-likeness (QED) is 0.680. The lowest BCUT2D eigenvalue weighted by Crippen LogP contribution is -2.51. The number of unbranched alkanes of at least 4 members (excludes halogenated alkanes) is 1. The molecule has 6 heteroatoms. The molecule has 1 unspecified atom stereocenters. The van der Waals surface area contributed by atoms with E-state index in [0.29, 0.717) is 19.4 Å². The van der Waals surface area contributed by atoms with Crippen molar-refractivity contribution in [2.75, 3.05) is 13.1 Å². The van der Waals surface area contributed by atoms with Crippen LogP contribution in [0.15, 0.2) is 0 Å². The van der Waals surface area contributed by atoms with Gasteiger partial charge in [-0.25, -0.2) is 9.59 Å². The van der Waals surface area contributed by atoms with Gasteiger partial charge in [0, 0.05) is 13.1 Å². The fraction of sp³-hybridized carbons (Fsp3) is 0.833. The molecule has 1 aliphatic rings. The zero-order chi connectivity index (χ0) is 13.5. The molecule has 1 aliphatic heterocycles. The maximum absolute atomic E-state index is 11.9. The lowest BCUT2D eigenvalue weighted by molar-refractivity contribution is -0.139. The number of hydrogen-bond acceptors (Lipinski definition) is 3. The van der Waals surface area contributed by atoms with Gasteiger partial charge in [0.25, 0.3) is 0 Å². The number of aliphatic hydroxyl groups is 1. The molecule has 0 aromatic carbocycles. The van der Waals surface area contributed by atoms with Gasteiger partial charge >= 0.3 is 12.0 Å². The second kappa shape index (κ2) is 7.20. The van der Waals surface area contributed by atoms with Crippen LogP contribution in [0.25, 0.3) is 0 Å². The van der Waals surface area contributed by atoms with E-state index >= 15 is 0 Å². The Balaban J connectivity index is 2.46. The first-order chi connectivity index (χ1) is 8.54. The van der Waals surface area contributed by atoms with E-state index in [2.05, 4.69) is 5.32 Å². The minimum absolute atomic E-state index is 0.284. The van der Waals surface area contributed by atoms with Gasteiger partial charge in [-0.2, -0.15) is 0 Å². The highest BCUT2D eigenvalue weighted by molar-refractivity contribution is 5.82. The van der Waals surface area contributed by atoms with Crippen molar-refractivity contribution in [2.24, 2.45) is 0 Å². The summed E-state index contributed by atoms with van der Waals surface area (Å²) in [4.78, 5) is 24.3. The summed E-state index contributed by atoms with van der Waals surface area (Å²) in [5, 5.41) is 21.0. The normalized spacial score (nSPS) is 21.4. The summed E-state index contributed by atoms with van der Waals surface area (Å²) in [5.41, 5.74) is 0. The molecule has 1 fully saturated rings. The van der Waals surface area contributed by atoms with E-state index in [4.69, 9.17) is 5.11 Å². The van der Waals surface area contributed by atoms with Gasteiger partial charge in [-0.15, -0.1) is 0 Å². The molecule has 6 nitrogen and oxygen atoms in total. The summed E-state index contributed by atoms with van der Waals surface area (Å²) in [6.07, 6.45) is 3.04. The average Bonchev–Trinajstić information content (AvgIpc) is 2.33. The van der Waals surface area contributed by atoms with Crippen LogP contribution in [0.3, 0.4) is 0 Å². The number of aliphatic carboxylic acids is 1. The maximum Gasteiger partial charge on any atom is 0.326 e. The number of carbonyl (C=O) groups is 2. The lowest BCUT2D eigenvalue weighted by atomic mass is 10.1. The summed E-state index contributed by atoms with van der Waals surface area (Å²) >= 11 is 0. The molecule has 18 heavy (non-hydrogen) atoms. The molecule has 1 saturated heterocycles. The average molecular weight is 258 g/mol. The molecule has 3 N–H and O–H groups in total. The largest absolute Gasteiger partial charge is 0.480 e. The van der Waals surface area contributed by atoms with Crippen LogP contribution in [0.4, 0.5) is 4.79 Å². The molecule has 0 aromatic rings. The van der Waals surface area contributed by atoms with Crippen LogP contribution in [-0.2, 0) is 4.79 Å². The monoisotopic (exact) mass is 258 g/mol. The summed E-state index contributed by atoms with van der Waals surface area (Å²) in [6, 6.07) is -1.23. The number of amides is 2. The van der Waals surface area contributed by atoms with Crippen LogP contribution < -0.4 is 5.32 Å². The Labute approximate surface area is 107 Å². The molecule has 0 aromatic heterocycles. The van der Waals surface area contributed by atoms with E-state index < -0.39 is 24.1 Å². The van der Waals surface area contributed by atoms with E-state index in [-0.39, 0.29) is 6.54 Å². The van der Waals surface area contributed by atoms with Gasteiger partial charge in [0.2, 0.25) is 0 Å². The van der Waals surface area contributed by atoms with E-state index in [9.17, 15) is 14.7 Å². The Bertz CT molecular complexity index is 296. The zero-order valence-electron chi connectivity index (χ0n) is 10.8. The van der Waals surface area contributed by atoms with Crippen molar-refractivity contribution in [3.8, 4) is 0 Å². The molecule has 1 rings (SSSR count). The van der Waals surface area contributed by atoms with Gasteiger partial charge in [0.1, 0.15) is 6.04 Å². The van der Waals surface area contributed by atoms with Gasteiger partial charge < -0.3 is 20.4 Å². The summed E-state index contributed by atoms with van der Waals surface area (Å²) in [6.45, 7) is 2.83. The van der Waals surface area contributed by atoms with E-state index in [0.717, 1.165) is 19.3 Å². The molecular weight excluding hydrogens is 236 g/mol. The zero-order valence-corrected chi connectivity index (χ0v) is 10.8. The Morgan fingerprint density at radius 2 is 2.22 bits per heavy atom. The third-order valence-corrected chi connectivity index (χ3v) is 3.13. The SMILES string of the molecule is CCCC[C@H](NC(=O)N1CCCC(O)C1)C(=O)O. The van der Waals surface area contributed by atoms with Gasteiger partial charge in [0.05, 0.1) is 6.10 Å². The molecule has 2 atom stereocenters. The fourth-order valence-corrected chi connectivity index (χ4v) is 2.05. The van der Waals surface area contributed by atoms with E-state index in [1.165, 1.54) is 4.90 Å². The highest BCUT2D eigenvalue weighted by Crippen LogP contribution is 2.10. The number of hydrogen-bond donors (Lipinski definition) is 3. The van der Waals surface area contributed by atoms with Crippen molar-refractivity contribution < 1.29 is 19.8 Å². The van der Waals surface area contributed by atoms with Gasteiger partial charge in [-0.1, -0.05) is 19.8 Å². The van der Waals surface area contributed by atoms with Crippen molar-refractivity contribution in [3.63, 3.8) is 0 Å². The number of nitrogens with zero attached hydrogens (tertiary/aromatic N) is 1. The number of piperidine rings is 1. The lowest BCUT2D eigenvalue weighted by Gasteiger charge is -2.31. The number of nitrogens with one attached hydrogen (secondary N) is 1. The smallest absolute Gasteiger partial charge is 0.326 e. The van der Waals surface area contributed by atoms with Crippen molar-refractivity contribution in [1.29, 1.82) is 0 Å². The number of urea groups is 1. The van der Waals surface area contributed by atoms with Crippen molar-refractivity contribution in [1.82, 2.24) is 10.2 Å². The van der Waals surface area contributed by atoms with Crippen molar-refractivity contribution >= 4 is 12.0 Å². The predicted molar refractivity (Wildman–Crippen MR) is 66.3 cm³/mol. The standard InChI is InChI=1S/C12H22N2O4/c1-2-3-6-10(11(16)17)13-12(18)14-7-4-5-9(15)8-14/h9-10,15H,2-8H2,1H3,(H,13,18)(H,16,17)/t9?,10-/m0/s1. The first-order valence-electron chi connectivity index (χ1n) is 6.51. The minimum atomic E-state index is -1.01. The third kappa shape index (κ3) is 4.52. The summed E-state index contributed by atoms with van der Waals surface area (Å²) < 4.78 is 0. The molecule has 1 heterocycles. The van der Waals surface area contributed by atoms with Gasteiger partial charge in [0.15, 0.2) is 0 Å². The van der Waals surface area contributed by atoms with Gasteiger partial charge in [-0.05, 0) is 19.3 Å². The van der Waals surface area contributed by atoms with Crippen molar-refractivity contribution in [3.05, 3.63) is 0 Å². The first-order valence-corrected chi connectivity index (χ1v) is 6.51. The van der Waals surface area contributed by atoms with E-state index in [1.54, 1.807) is 0 Å². The van der Waals surface area contributed by atoms with Crippen LogP contribution in [-0.4, -0.2) is 52.3 Å². The second-order valence-electron chi connectivity index (χ2n) is 4.72. The van der Waals surface area contributed by atoms with Crippen LogP contribution in [0.2, 0.25) is 0 Å². The fourth-order valence-electron chi connectivity index (χ4n) is 2.05. The second-order valence-corrected chi connectivity index (χ2v) is 4.72. The number of aliphatic hydroxyl groups excluding tert-OH is 1. The number of carboxylic acids is 1. The van der Waals surface area contributed by atoms with Crippen LogP contribution in [0.1, 0.15) is 39.0 Å². The topological polar surface area (TPSA) is 89.9 Å². The van der Waals surface area contributed by atoms with Crippen molar-refractivity contribution in [2.45, 2.75) is 51.2 Å². The van der Waals surface area contributed by atoms with Crippen LogP contribution in [0.5, 0.6) is 0 Å². The number of carboxylic acid groups (broad SMARTS) is 1. The van der Waals surface area contributed by atoms with Gasteiger partial charge in [-0.3, -0.25) is 0 Å². The third-order valence-electron chi connectivity index (χ3n) is 3.13. The van der Waals surface area contributed by atoms with Crippen LogP contribution >= 0.6 is 0 Å². The molecular formula is C12H22N2O4. The predicted octanol–water partition coefficient (Wildman–Crippen LogP) is 0.796. The molecule has 0 aliphatic carbocycles. The summed E-state index contributed by atoms with van der Waals surface area (Å²) in [7, 11) is 0. The maximum atomic E-state index is 11.9. The Kier molecular flexibility index (Phi) is 5.91. The number of carbonyl (C=O) groups excluding carboxylic acids is 1. The molecule has 104 valence electrons. The highest BCUT2D eigenvalue weighted by atomic mass is 16.4. The molecule has 0 bridgehead atoms. The Hall–Kier alpha value is -1.30. The molecule has 0 spiro atoms. The number of rotatable bonds is 5.